The minimum Gasteiger partial charge on any atom is -0.332 e. The molecule has 1 aromatic rings. The molecule has 9 heteroatoms. The number of thioether (sulfide) groups is 1. The highest BCUT2D eigenvalue weighted by Gasteiger charge is 2.48. The molecule has 26 heavy (non-hydrogen) atoms. The van der Waals surface area contributed by atoms with Gasteiger partial charge in [-0.3, -0.25) is 10.1 Å². The maximum absolute atomic E-state index is 14.0. The van der Waals surface area contributed by atoms with Crippen molar-refractivity contribution in [2.24, 2.45) is 4.99 Å². The van der Waals surface area contributed by atoms with Gasteiger partial charge < -0.3 is 9.80 Å². The van der Waals surface area contributed by atoms with Crippen LogP contribution in [-0.4, -0.2) is 52.7 Å². The number of urea groups is 1. The molecule has 6 nitrogen and oxygen atoms in total. The summed E-state index contributed by atoms with van der Waals surface area (Å²) in [7, 11) is 1.60. The van der Waals surface area contributed by atoms with Gasteiger partial charge in [0.05, 0.1) is 0 Å². The first-order chi connectivity index (χ1) is 12.4. The Balaban J connectivity index is 1.85. The topological polar surface area (TPSA) is 65.0 Å². The molecule has 0 aromatic heterocycles. The molecule has 2 unspecified atom stereocenters. The van der Waals surface area contributed by atoms with Crippen LogP contribution in [0.25, 0.3) is 0 Å². The van der Waals surface area contributed by atoms with Gasteiger partial charge in [0.1, 0.15) is 5.82 Å². The zero-order chi connectivity index (χ0) is 18.8. The number of imide groups is 1. The van der Waals surface area contributed by atoms with E-state index in [9.17, 15) is 14.0 Å². The second-order valence-corrected chi connectivity index (χ2v) is 7.24. The van der Waals surface area contributed by atoms with Gasteiger partial charge in [-0.2, -0.15) is 0 Å². The van der Waals surface area contributed by atoms with Crippen molar-refractivity contribution < 1.29 is 14.0 Å². The molecule has 2 aliphatic rings. The molecule has 0 radical (unpaired) electrons. The van der Waals surface area contributed by atoms with Crippen LogP contribution in [0, 0.1) is 5.82 Å². The number of amidine groups is 1. The minimum absolute atomic E-state index is 0.273. The number of carbonyl (C=O) groups excluding carboxylic acids is 2. The second-order valence-electron chi connectivity index (χ2n) is 5.89. The first kappa shape index (κ1) is 18.7. The van der Waals surface area contributed by atoms with Crippen LogP contribution >= 0.6 is 23.4 Å². The maximum atomic E-state index is 14.0. The smallest absolute Gasteiger partial charge is 0.325 e. The largest absolute Gasteiger partial charge is 0.332 e. The van der Waals surface area contributed by atoms with Gasteiger partial charge in [-0.25, -0.2) is 14.2 Å². The number of hydrogen-bond donors (Lipinski definition) is 1. The summed E-state index contributed by atoms with van der Waals surface area (Å²) in [5, 5.41) is 3.26. The summed E-state index contributed by atoms with van der Waals surface area (Å²) in [5.74, 6) is -0.494. The highest BCUT2D eigenvalue weighted by molar-refractivity contribution is 8.13. The Bertz CT molecular complexity index is 781. The zero-order valence-electron chi connectivity index (χ0n) is 14.3. The highest BCUT2D eigenvalue weighted by atomic mass is 35.5. The Morgan fingerprint density at radius 2 is 2.19 bits per heavy atom. The van der Waals surface area contributed by atoms with Gasteiger partial charge in [-0.15, -0.1) is 0 Å². The minimum atomic E-state index is -0.604. The first-order valence-corrected chi connectivity index (χ1v) is 9.39. The van der Waals surface area contributed by atoms with Crippen molar-refractivity contribution >= 4 is 40.5 Å². The van der Waals surface area contributed by atoms with Crippen molar-refractivity contribution in [1.29, 1.82) is 0 Å². The summed E-state index contributed by atoms with van der Waals surface area (Å²) < 4.78 is 14.0. The summed E-state index contributed by atoms with van der Waals surface area (Å²) in [6.07, 6.45) is 3.18. The van der Waals surface area contributed by atoms with Crippen LogP contribution < -0.4 is 5.32 Å². The quantitative estimate of drug-likeness (QED) is 0.795. The van der Waals surface area contributed by atoms with Crippen molar-refractivity contribution in [2.45, 2.75) is 24.9 Å². The lowest BCUT2D eigenvalue weighted by atomic mass is 10.1. The Morgan fingerprint density at radius 3 is 2.88 bits per heavy atom. The van der Waals surface area contributed by atoms with Gasteiger partial charge in [-0.05, 0) is 19.1 Å². The Labute approximate surface area is 160 Å². The molecule has 1 N–H and O–H groups in total. The van der Waals surface area contributed by atoms with E-state index >= 15 is 0 Å². The molecule has 2 aliphatic heterocycles. The summed E-state index contributed by atoms with van der Waals surface area (Å²) in [5.41, 5.74) is 0.386. The number of amides is 3. The lowest BCUT2D eigenvalue weighted by Gasteiger charge is -2.35. The normalized spacial score (nSPS) is 22.7. The van der Waals surface area contributed by atoms with Gasteiger partial charge in [0.2, 0.25) is 0 Å². The second kappa shape index (κ2) is 7.67. The highest BCUT2D eigenvalue weighted by Crippen LogP contribution is 2.31. The summed E-state index contributed by atoms with van der Waals surface area (Å²) in [6.45, 7) is 2.34. The molecule has 1 aromatic carbocycles. The zero-order valence-corrected chi connectivity index (χ0v) is 15.9. The fourth-order valence-corrected chi connectivity index (χ4v) is 4.25. The maximum Gasteiger partial charge on any atom is 0.325 e. The monoisotopic (exact) mass is 396 g/mol. The Hall–Kier alpha value is -2.06. The van der Waals surface area contributed by atoms with E-state index in [-0.39, 0.29) is 17.5 Å². The van der Waals surface area contributed by atoms with Crippen LogP contribution in [0.15, 0.2) is 35.3 Å². The number of allylic oxidation sites excluding steroid dienone is 1. The van der Waals surface area contributed by atoms with E-state index < -0.39 is 18.2 Å². The Morgan fingerprint density at radius 1 is 1.42 bits per heavy atom. The van der Waals surface area contributed by atoms with Gasteiger partial charge in [-0.1, -0.05) is 41.6 Å². The average Bonchev–Trinajstić information content (AvgIpc) is 2.96. The molecule has 1 saturated heterocycles. The molecule has 138 valence electrons. The molecule has 2 heterocycles. The van der Waals surface area contributed by atoms with Crippen molar-refractivity contribution in [2.75, 3.05) is 13.6 Å². The third kappa shape index (κ3) is 3.43. The van der Waals surface area contributed by atoms with Crippen LogP contribution in [0.1, 0.15) is 12.5 Å². The van der Waals surface area contributed by atoms with E-state index in [1.807, 2.05) is 24.0 Å². The number of fused-ring (bicyclic) bond motifs is 1. The summed E-state index contributed by atoms with van der Waals surface area (Å²) in [6, 6.07) is 3.46. The molecule has 0 bridgehead atoms. The van der Waals surface area contributed by atoms with E-state index in [1.165, 1.54) is 22.7 Å². The number of carbonyl (C=O) groups is 2. The number of aliphatic imine (C=N–C) groups is 1. The standard InChI is InChI=1S/C17H18ClFN4O2S/c1-3-4-8-23-13-14(22(2)16(25)21-15(13)24)20-17(23)26-9-10-11(18)6-5-7-12(10)19/h3-7,13-14H,8-9H2,1-2H3,(H,21,24,25)/b4-3+. The van der Waals surface area contributed by atoms with E-state index in [2.05, 4.69) is 10.3 Å². The van der Waals surface area contributed by atoms with E-state index in [4.69, 9.17) is 11.6 Å². The third-order valence-electron chi connectivity index (χ3n) is 4.27. The molecule has 3 amide bonds. The average molecular weight is 397 g/mol. The SMILES string of the molecule is C/C=C/CN1C(SCc2c(F)cccc2Cl)=NC2C1C(=O)NC(=O)N2C. The number of likely N-dealkylation sites (N-methyl/N-ethyl adjacent to an activating group) is 1. The van der Waals surface area contributed by atoms with E-state index in [0.717, 1.165) is 0 Å². The predicted molar refractivity (Wildman–Crippen MR) is 101 cm³/mol. The number of nitrogens with zero attached hydrogens (tertiary/aromatic N) is 3. The molecular weight excluding hydrogens is 379 g/mol. The molecule has 0 spiro atoms. The van der Waals surface area contributed by atoms with E-state index in [1.54, 1.807) is 19.2 Å². The molecule has 2 atom stereocenters. The number of nitrogens with one attached hydrogen (secondary N) is 1. The molecule has 0 saturated carbocycles. The number of benzene rings is 1. The predicted octanol–water partition coefficient (Wildman–Crippen LogP) is 2.84. The van der Waals surface area contributed by atoms with E-state index in [0.29, 0.717) is 22.3 Å². The van der Waals surface area contributed by atoms with Gasteiger partial charge in [0.25, 0.3) is 5.91 Å². The van der Waals surface area contributed by atoms with Gasteiger partial charge in [0.15, 0.2) is 17.4 Å². The first-order valence-electron chi connectivity index (χ1n) is 8.03. The molecule has 1 fully saturated rings. The molecular formula is C17H18ClFN4O2S. The Kier molecular flexibility index (Phi) is 5.52. The fourth-order valence-electron chi connectivity index (χ4n) is 2.84. The van der Waals surface area contributed by atoms with Crippen molar-refractivity contribution in [1.82, 2.24) is 15.1 Å². The number of rotatable bonds is 4. The van der Waals surface area contributed by atoms with Crippen LogP contribution in [0.5, 0.6) is 0 Å². The lowest BCUT2D eigenvalue weighted by Crippen LogP contribution is -2.63. The lowest BCUT2D eigenvalue weighted by molar-refractivity contribution is -0.126. The number of halogens is 2. The van der Waals surface area contributed by atoms with Crippen LogP contribution in [0.2, 0.25) is 5.02 Å². The molecule has 3 rings (SSSR count). The van der Waals surface area contributed by atoms with Crippen molar-refractivity contribution in [3.8, 4) is 0 Å². The van der Waals surface area contributed by atoms with Crippen LogP contribution in [-0.2, 0) is 10.5 Å². The van der Waals surface area contributed by atoms with Crippen molar-refractivity contribution in [3.63, 3.8) is 0 Å². The van der Waals surface area contributed by atoms with Crippen LogP contribution in [0.4, 0.5) is 9.18 Å². The van der Waals surface area contributed by atoms with Gasteiger partial charge in [0, 0.05) is 29.9 Å². The fraction of sp³-hybridized carbons (Fsp3) is 0.353. The van der Waals surface area contributed by atoms with Crippen LogP contribution in [0.3, 0.4) is 0 Å². The van der Waals surface area contributed by atoms with Crippen molar-refractivity contribution in [3.05, 3.63) is 46.8 Å². The third-order valence-corrected chi connectivity index (χ3v) is 5.65. The molecule has 0 aliphatic carbocycles. The van der Waals surface area contributed by atoms with Gasteiger partial charge >= 0.3 is 6.03 Å². The summed E-state index contributed by atoms with van der Waals surface area (Å²) >= 11 is 7.38. The summed E-state index contributed by atoms with van der Waals surface area (Å²) in [4.78, 5) is 32.0. The number of hydrogen-bond acceptors (Lipinski definition) is 5.